The second-order valence-corrected chi connectivity index (χ2v) is 12.3. The average Bonchev–Trinajstić information content (AvgIpc) is 3.08. The van der Waals surface area contributed by atoms with Crippen LogP contribution in [0.15, 0.2) is 60.7 Å². The fourth-order valence-corrected chi connectivity index (χ4v) is 5.22. The Labute approximate surface area is 289 Å². The number of esters is 3. The predicted octanol–water partition coefficient (Wildman–Crippen LogP) is 10.8. The van der Waals surface area contributed by atoms with Gasteiger partial charge in [-0.25, -0.2) is 23.2 Å². The lowest BCUT2D eigenvalue weighted by atomic mass is 10.1. The summed E-state index contributed by atoms with van der Waals surface area (Å²) in [6, 6.07) is 12.9. The largest absolute Gasteiger partial charge is 0.491 e. The summed E-state index contributed by atoms with van der Waals surface area (Å²) in [4.78, 5) is 37.7. The van der Waals surface area contributed by atoms with Crippen molar-refractivity contribution in [2.45, 2.75) is 117 Å². The number of carbonyl (C=O) groups excluding carboxylic acids is 3. The van der Waals surface area contributed by atoms with Crippen LogP contribution in [0.3, 0.4) is 0 Å². The average molecular weight is 681 g/mol. The molecule has 1 unspecified atom stereocenters. The van der Waals surface area contributed by atoms with E-state index in [1.54, 1.807) is 6.92 Å². The van der Waals surface area contributed by atoms with Gasteiger partial charge in [-0.15, -0.1) is 0 Å². The van der Waals surface area contributed by atoms with Gasteiger partial charge in [0.05, 0.1) is 29.4 Å². The molecule has 49 heavy (non-hydrogen) atoms. The van der Waals surface area contributed by atoms with Crippen LogP contribution in [0.2, 0.25) is 0 Å². The number of benzene rings is 3. The Morgan fingerprint density at radius 1 is 0.592 bits per heavy atom. The number of ether oxygens (including phenoxy) is 4. The summed E-state index contributed by atoms with van der Waals surface area (Å²) in [5.41, 5.74) is -0.130. The van der Waals surface area contributed by atoms with Gasteiger partial charge in [0.1, 0.15) is 17.3 Å². The minimum absolute atomic E-state index is 0.00666. The van der Waals surface area contributed by atoms with Crippen molar-refractivity contribution in [3.05, 3.63) is 89.0 Å². The SMILES string of the molecule is CCCCCCCCCCCOc1ccc(C(=O)Oc2ccc(C(=O)Oc3ccc(C(=O)OC(C)CCCCCC)c(F)c3)cc2)cc1F. The lowest BCUT2D eigenvalue weighted by Crippen LogP contribution is -2.16. The van der Waals surface area contributed by atoms with Gasteiger partial charge in [0.25, 0.3) is 0 Å². The van der Waals surface area contributed by atoms with E-state index in [4.69, 9.17) is 18.9 Å². The second kappa shape index (κ2) is 21.6. The van der Waals surface area contributed by atoms with Gasteiger partial charge < -0.3 is 18.9 Å². The monoisotopic (exact) mass is 680 g/mol. The molecule has 0 aliphatic carbocycles. The summed E-state index contributed by atoms with van der Waals surface area (Å²) in [6.07, 6.45) is 15.1. The Kier molecular flexibility index (Phi) is 17.3. The molecular weight excluding hydrogens is 630 g/mol. The maximum Gasteiger partial charge on any atom is 0.343 e. The Bertz CT molecular complexity index is 1470. The highest BCUT2D eigenvalue weighted by atomic mass is 19.1. The van der Waals surface area contributed by atoms with Crippen LogP contribution in [-0.4, -0.2) is 30.6 Å². The third-order valence-corrected chi connectivity index (χ3v) is 8.12. The molecule has 0 spiro atoms. The normalized spacial score (nSPS) is 11.5. The Balaban J connectivity index is 1.43. The summed E-state index contributed by atoms with van der Waals surface area (Å²) in [5.74, 6) is -3.75. The van der Waals surface area contributed by atoms with Crippen molar-refractivity contribution in [3.8, 4) is 17.2 Å². The Hall–Kier alpha value is -4.27. The highest BCUT2D eigenvalue weighted by molar-refractivity contribution is 5.93. The topological polar surface area (TPSA) is 88.1 Å². The first kappa shape index (κ1) is 39.2. The van der Waals surface area contributed by atoms with Crippen molar-refractivity contribution in [3.63, 3.8) is 0 Å². The minimum Gasteiger partial charge on any atom is -0.491 e. The smallest absolute Gasteiger partial charge is 0.343 e. The molecule has 1 atom stereocenters. The molecule has 0 saturated heterocycles. The lowest BCUT2D eigenvalue weighted by molar-refractivity contribution is 0.0314. The molecule has 9 heteroatoms. The fourth-order valence-electron chi connectivity index (χ4n) is 5.22. The minimum atomic E-state index is -0.870. The molecule has 3 rings (SSSR count). The molecule has 0 bridgehead atoms. The zero-order valence-corrected chi connectivity index (χ0v) is 29.1. The Morgan fingerprint density at radius 3 is 1.78 bits per heavy atom. The van der Waals surface area contributed by atoms with Gasteiger partial charge in [0.2, 0.25) is 0 Å². The molecule has 0 fully saturated rings. The van der Waals surface area contributed by atoms with Crippen LogP contribution in [0.25, 0.3) is 0 Å². The fraction of sp³-hybridized carbons (Fsp3) is 0.475. The van der Waals surface area contributed by atoms with Gasteiger partial charge in [0.15, 0.2) is 11.6 Å². The molecule has 0 N–H and O–H groups in total. The molecule has 0 radical (unpaired) electrons. The van der Waals surface area contributed by atoms with E-state index < -0.39 is 29.5 Å². The molecule has 0 saturated carbocycles. The number of hydrogen-bond acceptors (Lipinski definition) is 7. The van der Waals surface area contributed by atoms with Crippen molar-refractivity contribution in [2.24, 2.45) is 0 Å². The third kappa shape index (κ3) is 14.0. The van der Waals surface area contributed by atoms with Crippen LogP contribution < -0.4 is 14.2 Å². The first-order valence-corrected chi connectivity index (χ1v) is 17.7. The first-order chi connectivity index (χ1) is 23.7. The summed E-state index contributed by atoms with van der Waals surface area (Å²) in [6.45, 7) is 6.50. The van der Waals surface area contributed by atoms with E-state index in [-0.39, 0.29) is 40.0 Å². The van der Waals surface area contributed by atoms with Crippen molar-refractivity contribution in [1.29, 1.82) is 0 Å². The third-order valence-electron chi connectivity index (χ3n) is 8.12. The molecule has 266 valence electrons. The molecule has 0 amide bonds. The molecular formula is C40H50F2O7. The molecule has 7 nitrogen and oxygen atoms in total. The lowest BCUT2D eigenvalue weighted by Gasteiger charge is -2.14. The molecule has 0 aliphatic rings. The van der Waals surface area contributed by atoms with E-state index in [9.17, 15) is 23.2 Å². The van der Waals surface area contributed by atoms with Crippen LogP contribution >= 0.6 is 0 Å². The highest BCUT2D eigenvalue weighted by Crippen LogP contribution is 2.23. The standard InChI is InChI=1S/C40H50F2O7/c1-4-6-8-10-11-12-13-14-16-26-46-37-25-20-31(27-36(37)42)39(44)48-32-21-18-30(19-22-32)38(43)49-33-23-24-34(35(41)28-33)40(45)47-29(3)17-15-9-7-5-2/h18-25,27-29H,4-17,26H2,1-3H3. The van der Waals surface area contributed by atoms with E-state index in [2.05, 4.69) is 13.8 Å². The van der Waals surface area contributed by atoms with Crippen molar-refractivity contribution in [1.82, 2.24) is 0 Å². The number of rotatable bonds is 22. The van der Waals surface area contributed by atoms with Crippen LogP contribution in [0.4, 0.5) is 8.78 Å². The number of unbranched alkanes of at least 4 members (excludes halogenated alkanes) is 11. The van der Waals surface area contributed by atoms with Gasteiger partial charge in [-0.2, -0.15) is 0 Å². The zero-order chi connectivity index (χ0) is 35.4. The summed E-state index contributed by atoms with van der Waals surface area (Å²) < 4.78 is 50.8. The molecule has 3 aromatic carbocycles. The maximum absolute atomic E-state index is 14.7. The number of carbonyl (C=O) groups is 3. The van der Waals surface area contributed by atoms with E-state index in [0.717, 1.165) is 57.1 Å². The van der Waals surface area contributed by atoms with Crippen LogP contribution in [0.1, 0.15) is 142 Å². The highest BCUT2D eigenvalue weighted by Gasteiger charge is 2.19. The molecule has 0 aliphatic heterocycles. The van der Waals surface area contributed by atoms with Crippen molar-refractivity contribution in [2.75, 3.05) is 6.61 Å². The van der Waals surface area contributed by atoms with E-state index in [1.807, 2.05) is 0 Å². The molecule has 3 aromatic rings. The van der Waals surface area contributed by atoms with E-state index in [1.165, 1.54) is 87.1 Å². The Morgan fingerprint density at radius 2 is 1.14 bits per heavy atom. The summed E-state index contributed by atoms with van der Waals surface area (Å²) >= 11 is 0. The summed E-state index contributed by atoms with van der Waals surface area (Å²) in [7, 11) is 0. The van der Waals surface area contributed by atoms with Crippen LogP contribution in [-0.2, 0) is 4.74 Å². The van der Waals surface area contributed by atoms with Crippen molar-refractivity contribution >= 4 is 17.9 Å². The number of hydrogen-bond donors (Lipinski definition) is 0. The summed E-state index contributed by atoms with van der Waals surface area (Å²) in [5, 5.41) is 0. The van der Waals surface area contributed by atoms with Gasteiger partial charge >= 0.3 is 17.9 Å². The van der Waals surface area contributed by atoms with E-state index in [0.29, 0.717) is 13.0 Å². The predicted molar refractivity (Wildman–Crippen MR) is 186 cm³/mol. The van der Waals surface area contributed by atoms with E-state index >= 15 is 0 Å². The van der Waals surface area contributed by atoms with Crippen LogP contribution in [0.5, 0.6) is 17.2 Å². The molecule has 0 heterocycles. The van der Waals surface area contributed by atoms with Gasteiger partial charge in [0, 0.05) is 6.07 Å². The van der Waals surface area contributed by atoms with Crippen LogP contribution in [0, 0.1) is 11.6 Å². The van der Waals surface area contributed by atoms with Gasteiger partial charge in [-0.3, -0.25) is 0 Å². The quantitative estimate of drug-likeness (QED) is 0.0593. The van der Waals surface area contributed by atoms with Crippen molar-refractivity contribution < 1.29 is 42.1 Å². The molecule has 0 aromatic heterocycles. The first-order valence-electron chi connectivity index (χ1n) is 17.7. The second-order valence-electron chi connectivity index (χ2n) is 12.3. The van der Waals surface area contributed by atoms with Gasteiger partial charge in [-0.1, -0.05) is 84.5 Å². The maximum atomic E-state index is 14.7. The number of halogens is 2. The van der Waals surface area contributed by atoms with Gasteiger partial charge in [-0.05, 0) is 80.8 Å². The zero-order valence-electron chi connectivity index (χ0n) is 29.1.